The van der Waals surface area contributed by atoms with Gasteiger partial charge in [0, 0.05) is 11.9 Å². The summed E-state index contributed by atoms with van der Waals surface area (Å²) in [5.41, 5.74) is 4.67. The second-order valence-electron chi connectivity index (χ2n) is 5.31. The first-order valence-corrected chi connectivity index (χ1v) is 9.65. The Bertz CT molecular complexity index is 649. The molecule has 0 spiro atoms. The van der Waals surface area contributed by atoms with Crippen molar-refractivity contribution in [3.8, 4) is 0 Å². The molecule has 1 aromatic heterocycles. The van der Waals surface area contributed by atoms with Crippen molar-refractivity contribution in [2.24, 2.45) is 0 Å². The van der Waals surface area contributed by atoms with Crippen molar-refractivity contribution in [2.45, 2.75) is 32.4 Å². The van der Waals surface area contributed by atoms with E-state index in [1.165, 1.54) is 36.0 Å². The lowest BCUT2D eigenvalue weighted by Gasteiger charge is -2.13. The van der Waals surface area contributed by atoms with Crippen LogP contribution in [0.3, 0.4) is 0 Å². The first-order chi connectivity index (χ1) is 13.2. The molecule has 1 aliphatic heterocycles. The summed E-state index contributed by atoms with van der Waals surface area (Å²) in [4.78, 5) is 35.6. The number of aliphatic hydroxyl groups excluding tert-OH is 1. The smallest absolute Gasteiger partial charge is 0.414 e. The van der Waals surface area contributed by atoms with Crippen molar-refractivity contribution in [3.63, 3.8) is 0 Å². The van der Waals surface area contributed by atoms with E-state index in [2.05, 4.69) is 30.7 Å². The predicted molar refractivity (Wildman–Crippen MR) is 105 cm³/mol. The van der Waals surface area contributed by atoms with Crippen LogP contribution >= 0.6 is 11.8 Å². The van der Waals surface area contributed by atoms with E-state index in [4.69, 9.17) is 35.4 Å². The maximum atomic E-state index is 11.4. The average molecular weight is 420 g/mol. The summed E-state index contributed by atoms with van der Waals surface area (Å²) in [5, 5.41) is 23.7. The topological polar surface area (TPSA) is 168 Å². The van der Waals surface area contributed by atoms with Crippen molar-refractivity contribution < 1.29 is 29.6 Å². The molecular formula is C16H28N4O7S. The van der Waals surface area contributed by atoms with Gasteiger partial charge in [-0.15, -0.1) is 11.8 Å². The Morgan fingerprint density at radius 3 is 2.14 bits per heavy atom. The van der Waals surface area contributed by atoms with E-state index in [0.717, 1.165) is 0 Å². The number of hydrogen-bond donors (Lipinski definition) is 4. The highest BCUT2D eigenvalue weighted by Crippen LogP contribution is 2.30. The molecule has 11 nitrogen and oxygen atoms in total. The number of aliphatic carboxylic acids is 2. The summed E-state index contributed by atoms with van der Waals surface area (Å²) in [6, 6.07) is 1.54. The third-order valence-corrected chi connectivity index (χ3v) is 4.68. The zero-order valence-corrected chi connectivity index (χ0v) is 17.0. The van der Waals surface area contributed by atoms with Gasteiger partial charge in [-0.05, 0) is 25.7 Å². The van der Waals surface area contributed by atoms with Crippen LogP contribution in [-0.2, 0) is 14.3 Å². The number of carboxylic acids is 2. The molecule has 1 aliphatic rings. The summed E-state index contributed by atoms with van der Waals surface area (Å²) in [5.74, 6) is -2.83. The number of carboxylic acid groups (broad SMARTS) is 2. The van der Waals surface area contributed by atoms with Crippen LogP contribution in [-0.4, -0.2) is 79.1 Å². The van der Waals surface area contributed by atoms with Gasteiger partial charge in [0.1, 0.15) is 17.5 Å². The van der Waals surface area contributed by atoms with Gasteiger partial charge in [-0.25, -0.2) is 14.4 Å². The molecule has 0 aromatic carbocycles. The molecule has 2 rings (SSSR count). The molecule has 0 radical (unpaired) electrons. The fourth-order valence-electron chi connectivity index (χ4n) is 2.00. The number of carbonyl (C=O) groups is 2. The number of nitrogens with zero attached hydrogens (tertiary/aromatic N) is 3. The molecule has 2 heterocycles. The molecule has 0 amide bonds. The number of rotatable bonds is 5. The summed E-state index contributed by atoms with van der Waals surface area (Å²) in [6.07, 6.45) is 1.18. The zero-order valence-electron chi connectivity index (χ0n) is 16.1. The first-order valence-electron chi connectivity index (χ1n) is 8.61. The van der Waals surface area contributed by atoms with Crippen molar-refractivity contribution in [1.82, 2.24) is 14.5 Å². The number of aromatic nitrogens is 2. The molecule has 0 aliphatic carbocycles. The van der Waals surface area contributed by atoms with E-state index < -0.39 is 17.6 Å². The van der Waals surface area contributed by atoms with Crippen LogP contribution in [0.15, 0.2) is 17.1 Å². The minimum Gasteiger partial charge on any atom is -0.473 e. The normalized spacial score (nSPS) is 17.9. The van der Waals surface area contributed by atoms with E-state index in [0.29, 0.717) is 5.75 Å². The minimum absolute atomic E-state index is 0.0572. The van der Waals surface area contributed by atoms with E-state index in [1.54, 1.807) is 12.3 Å². The van der Waals surface area contributed by atoms with Crippen LogP contribution in [0.5, 0.6) is 0 Å². The van der Waals surface area contributed by atoms with Crippen molar-refractivity contribution >= 4 is 29.5 Å². The number of thioether (sulfide) groups is 1. The molecule has 0 saturated carbocycles. The summed E-state index contributed by atoms with van der Waals surface area (Å²) < 4.78 is 6.79. The van der Waals surface area contributed by atoms with Gasteiger partial charge in [-0.3, -0.25) is 4.57 Å². The Kier molecular flexibility index (Phi) is 12.9. The molecular weight excluding hydrogens is 392 g/mol. The fourth-order valence-corrected chi connectivity index (χ4v) is 2.93. The largest absolute Gasteiger partial charge is 0.473 e. The van der Waals surface area contributed by atoms with E-state index in [-0.39, 0.29) is 24.1 Å². The Morgan fingerprint density at radius 2 is 1.82 bits per heavy atom. The Labute approximate surface area is 167 Å². The monoisotopic (exact) mass is 420 g/mol. The van der Waals surface area contributed by atoms with Crippen molar-refractivity contribution in [1.29, 1.82) is 0 Å². The molecule has 28 heavy (non-hydrogen) atoms. The summed E-state index contributed by atoms with van der Waals surface area (Å²) >= 11 is 1.47. The molecule has 0 bridgehead atoms. The van der Waals surface area contributed by atoms with E-state index in [9.17, 15) is 4.79 Å². The fraction of sp³-hybridized carbons (Fsp3) is 0.625. The Morgan fingerprint density at radius 1 is 1.29 bits per heavy atom. The Hall–Kier alpha value is -2.15. The average Bonchev–Trinajstić information content (AvgIpc) is 3.13. The molecule has 1 fully saturated rings. The predicted octanol–water partition coefficient (Wildman–Crippen LogP) is -0.0904. The van der Waals surface area contributed by atoms with Crippen LogP contribution < -0.4 is 11.4 Å². The zero-order chi connectivity index (χ0) is 21.7. The van der Waals surface area contributed by atoms with Crippen molar-refractivity contribution in [2.75, 3.05) is 37.7 Å². The number of ether oxygens (including phenoxy) is 1. The second kappa shape index (κ2) is 13.9. The van der Waals surface area contributed by atoms with Gasteiger partial charge in [-0.1, -0.05) is 20.8 Å². The third-order valence-electron chi connectivity index (χ3n) is 3.57. The molecule has 5 N–H and O–H groups in total. The molecule has 1 saturated heterocycles. The summed E-state index contributed by atoms with van der Waals surface area (Å²) in [7, 11) is 0. The molecule has 12 heteroatoms. The van der Waals surface area contributed by atoms with Gasteiger partial charge in [0.05, 0.1) is 6.61 Å². The van der Waals surface area contributed by atoms with Crippen LogP contribution in [0.2, 0.25) is 0 Å². The summed E-state index contributed by atoms with van der Waals surface area (Å²) in [6.45, 7) is 10.1. The number of nitrogens with two attached hydrogens (primary N) is 1. The molecule has 2 atom stereocenters. The lowest BCUT2D eigenvalue weighted by molar-refractivity contribution is -0.159. The number of nitrogen functional groups attached to an aromatic ring is 1. The van der Waals surface area contributed by atoms with Gasteiger partial charge in [0.2, 0.25) is 0 Å². The van der Waals surface area contributed by atoms with Crippen LogP contribution in [0.1, 0.15) is 27.0 Å². The van der Waals surface area contributed by atoms with Gasteiger partial charge >= 0.3 is 17.6 Å². The number of hydrogen-bond acceptors (Lipinski definition) is 9. The molecule has 160 valence electrons. The van der Waals surface area contributed by atoms with Crippen LogP contribution in [0.4, 0.5) is 5.82 Å². The van der Waals surface area contributed by atoms with Gasteiger partial charge in [0.15, 0.2) is 0 Å². The van der Waals surface area contributed by atoms with Gasteiger partial charge in [-0.2, -0.15) is 4.98 Å². The maximum Gasteiger partial charge on any atom is 0.414 e. The highest BCUT2D eigenvalue weighted by Gasteiger charge is 2.27. The highest BCUT2D eigenvalue weighted by atomic mass is 32.2. The van der Waals surface area contributed by atoms with Gasteiger partial charge in [0.25, 0.3) is 0 Å². The van der Waals surface area contributed by atoms with Gasteiger partial charge < -0.3 is 30.7 Å². The van der Waals surface area contributed by atoms with Crippen molar-refractivity contribution in [3.05, 3.63) is 22.7 Å². The first kappa shape index (κ1) is 25.9. The number of anilines is 1. The minimum atomic E-state index is -1.82. The molecule has 1 aromatic rings. The highest BCUT2D eigenvalue weighted by molar-refractivity contribution is 8.00. The molecule has 0 unspecified atom stereocenters. The van der Waals surface area contributed by atoms with Crippen LogP contribution in [0.25, 0.3) is 0 Å². The maximum absolute atomic E-state index is 11.4. The number of aliphatic hydroxyl groups is 1. The van der Waals surface area contributed by atoms with E-state index in [1.807, 2.05) is 0 Å². The van der Waals surface area contributed by atoms with E-state index >= 15 is 0 Å². The lowest BCUT2D eigenvalue weighted by Crippen LogP contribution is -2.28. The SMILES string of the molecule is CCN(CC)CC.Nc1ccn([C@H]2CS[C@@H](CO)O2)c(=O)n1.O=C(O)C(=O)O. The third kappa shape index (κ3) is 9.69. The Balaban J connectivity index is 0.000000471. The lowest BCUT2D eigenvalue weighted by atomic mass is 10.5. The quantitative estimate of drug-likeness (QED) is 0.470. The van der Waals surface area contributed by atoms with Crippen LogP contribution in [0, 0.1) is 0 Å². The second-order valence-corrected chi connectivity index (χ2v) is 6.50. The standard InChI is InChI=1S/C8H11N3O3S.C6H15N.C2H2O4/c9-5-1-2-11(8(13)10-5)6-4-15-7(3-12)14-6;1-4-7(5-2)6-3;3-1(4)2(5)6/h1-2,6-7,12H,3-4H2,(H2,9,10,13);4-6H2,1-3H3;(H,3,4)(H,5,6)/t6-,7+;;/m1../s1.